The predicted molar refractivity (Wildman–Crippen MR) is 48.7 cm³/mol. The Bertz CT molecular complexity index is 170. The van der Waals surface area contributed by atoms with Crippen molar-refractivity contribution in [2.75, 3.05) is 0 Å². The van der Waals surface area contributed by atoms with Crippen LogP contribution in [0.1, 0.15) is 19.3 Å². The third-order valence-electron chi connectivity index (χ3n) is 2.20. The van der Waals surface area contributed by atoms with Crippen LogP contribution in [0.25, 0.3) is 0 Å². The van der Waals surface area contributed by atoms with Gasteiger partial charge in [-0.05, 0) is 32.4 Å². The summed E-state index contributed by atoms with van der Waals surface area (Å²) in [7, 11) is -0.975. The number of carboxylic acids is 1. The van der Waals surface area contributed by atoms with Crippen molar-refractivity contribution in [2.24, 2.45) is 5.92 Å². The van der Waals surface area contributed by atoms with Crippen LogP contribution in [0.3, 0.4) is 0 Å². The lowest BCUT2D eigenvalue weighted by Crippen LogP contribution is -2.19. The Morgan fingerprint density at radius 3 is 2.58 bits per heavy atom. The molecule has 4 heteroatoms. The van der Waals surface area contributed by atoms with Gasteiger partial charge in [0.15, 0.2) is 9.04 Å². The summed E-state index contributed by atoms with van der Waals surface area (Å²) >= 11 is 0. The quantitative estimate of drug-likeness (QED) is 0.678. The number of aliphatic carboxylic acids is 1. The highest BCUT2D eigenvalue weighted by Crippen LogP contribution is 2.28. The zero-order valence-electron chi connectivity index (χ0n) is 7.62. The van der Waals surface area contributed by atoms with E-state index in [0.717, 1.165) is 19.3 Å². The van der Waals surface area contributed by atoms with Crippen molar-refractivity contribution in [1.82, 2.24) is 0 Å². The van der Waals surface area contributed by atoms with E-state index in [0.29, 0.717) is 0 Å². The Morgan fingerprint density at radius 2 is 2.17 bits per heavy atom. The van der Waals surface area contributed by atoms with Crippen molar-refractivity contribution >= 4 is 15.0 Å². The Morgan fingerprint density at radius 1 is 1.50 bits per heavy atom. The second-order valence-electron chi connectivity index (χ2n) is 3.66. The molecule has 1 unspecified atom stereocenters. The molecule has 1 rings (SSSR count). The van der Waals surface area contributed by atoms with Gasteiger partial charge < -0.3 is 9.53 Å². The van der Waals surface area contributed by atoms with E-state index in [2.05, 4.69) is 13.1 Å². The molecule has 0 aromatic carbocycles. The van der Waals surface area contributed by atoms with Crippen LogP contribution in [0.2, 0.25) is 13.1 Å². The first-order chi connectivity index (χ1) is 5.59. The van der Waals surface area contributed by atoms with Crippen LogP contribution in [0.5, 0.6) is 0 Å². The van der Waals surface area contributed by atoms with Gasteiger partial charge in [0, 0.05) is 6.10 Å². The Labute approximate surface area is 74.5 Å². The van der Waals surface area contributed by atoms with Crippen molar-refractivity contribution < 1.29 is 14.3 Å². The van der Waals surface area contributed by atoms with E-state index >= 15 is 0 Å². The van der Waals surface area contributed by atoms with Crippen molar-refractivity contribution in [2.45, 2.75) is 38.5 Å². The van der Waals surface area contributed by atoms with Crippen LogP contribution in [0, 0.1) is 5.92 Å². The standard InChI is InChI=1S/C8H16O3Si/c1-12(2)11-7-4-3-6(5-7)8(9)10/h6-7,12H,3-5H2,1-2H3,(H,9,10)/t6-,7?/m0/s1. The maximum Gasteiger partial charge on any atom is 0.306 e. The minimum Gasteiger partial charge on any atom is -0.481 e. The lowest BCUT2D eigenvalue weighted by atomic mass is 10.1. The molecule has 0 radical (unpaired) electrons. The summed E-state index contributed by atoms with van der Waals surface area (Å²) in [6.45, 7) is 4.24. The fraction of sp³-hybridized carbons (Fsp3) is 0.875. The summed E-state index contributed by atoms with van der Waals surface area (Å²) < 4.78 is 5.67. The molecule has 70 valence electrons. The normalized spacial score (nSPS) is 29.6. The average Bonchev–Trinajstić information content (AvgIpc) is 2.34. The van der Waals surface area contributed by atoms with E-state index in [1.54, 1.807) is 0 Å². The lowest BCUT2D eigenvalue weighted by Gasteiger charge is -2.13. The second-order valence-corrected chi connectivity index (χ2v) is 6.02. The summed E-state index contributed by atoms with van der Waals surface area (Å²) in [5, 5.41) is 8.72. The van der Waals surface area contributed by atoms with E-state index in [1.807, 2.05) is 0 Å². The second kappa shape index (κ2) is 4.05. The summed E-state index contributed by atoms with van der Waals surface area (Å²) in [5.41, 5.74) is 0. The first-order valence-corrected chi connectivity index (χ1v) is 7.26. The molecule has 0 aromatic heterocycles. The van der Waals surface area contributed by atoms with Crippen molar-refractivity contribution in [1.29, 1.82) is 0 Å². The van der Waals surface area contributed by atoms with Gasteiger partial charge in [0.25, 0.3) is 0 Å². The molecular weight excluding hydrogens is 172 g/mol. The number of hydrogen-bond acceptors (Lipinski definition) is 2. The van der Waals surface area contributed by atoms with Gasteiger partial charge in [-0.25, -0.2) is 0 Å². The van der Waals surface area contributed by atoms with Crippen molar-refractivity contribution in [3.8, 4) is 0 Å². The fourth-order valence-electron chi connectivity index (χ4n) is 1.67. The first-order valence-electron chi connectivity index (χ1n) is 4.48. The molecule has 1 aliphatic carbocycles. The summed E-state index contributed by atoms with van der Waals surface area (Å²) in [4.78, 5) is 10.6. The van der Waals surface area contributed by atoms with E-state index in [4.69, 9.17) is 9.53 Å². The summed E-state index contributed by atoms with van der Waals surface area (Å²) in [6, 6.07) is 0. The third-order valence-corrected chi connectivity index (χ3v) is 3.13. The zero-order valence-corrected chi connectivity index (χ0v) is 8.77. The lowest BCUT2D eigenvalue weighted by molar-refractivity contribution is -0.141. The van der Waals surface area contributed by atoms with Crippen LogP contribution in [-0.2, 0) is 9.22 Å². The van der Waals surface area contributed by atoms with E-state index < -0.39 is 15.0 Å². The number of carboxylic acid groups (broad SMARTS) is 1. The first kappa shape index (κ1) is 9.73. The van der Waals surface area contributed by atoms with Crippen LogP contribution in [0.4, 0.5) is 0 Å². The summed E-state index contributed by atoms with van der Waals surface area (Å²) in [6.07, 6.45) is 2.68. The predicted octanol–water partition coefficient (Wildman–Crippen LogP) is 1.24. The molecule has 1 fully saturated rings. The monoisotopic (exact) mass is 188 g/mol. The van der Waals surface area contributed by atoms with Gasteiger partial charge in [0.05, 0.1) is 5.92 Å². The highest BCUT2D eigenvalue weighted by atomic mass is 28.3. The van der Waals surface area contributed by atoms with Gasteiger partial charge >= 0.3 is 5.97 Å². The van der Waals surface area contributed by atoms with Gasteiger partial charge in [-0.2, -0.15) is 0 Å². The maximum absolute atomic E-state index is 10.6. The number of rotatable bonds is 3. The molecule has 2 atom stereocenters. The number of carbonyl (C=O) groups is 1. The largest absolute Gasteiger partial charge is 0.481 e. The van der Waals surface area contributed by atoms with Crippen molar-refractivity contribution in [3.63, 3.8) is 0 Å². The molecule has 0 aliphatic heterocycles. The van der Waals surface area contributed by atoms with Crippen LogP contribution in [-0.4, -0.2) is 26.2 Å². The molecule has 1 aliphatic rings. The highest BCUT2D eigenvalue weighted by molar-refractivity contribution is 6.48. The van der Waals surface area contributed by atoms with Gasteiger partial charge in [-0.15, -0.1) is 0 Å². The SMILES string of the molecule is C[SiH](C)OC1CC[C@H](C(=O)O)C1. The minimum atomic E-state index is -0.975. The molecule has 0 amide bonds. The molecule has 0 saturated heterocycles. The Kier molecular flexibility index (Phi) is 3.28. The average molecular weight is 188 g/mol. The molecule has 3 nitrogen and oxygen atoms in total. The molecule has 12 heavy (non-hydrogen) atoms. The molecule has 0 bridgehead atoms. The van der Waals surface area contributed by atoms with E-state index in [-0.39, 0.29) is 12.0 Å². The number of hydrogen-bond donors (Lipinski definition) is 1. The van der Waals surface area contributed by atoms with E-state index in [1.165, 1.54) is 0 Å². The molecule has 1 N–H and O–H groups in total. The third kappa shape index (κ3) is 2.60. The van der Waals surface area contributed by atoms with Crippen LogP contribution >= 0.6 is 0 Å². The van der Waals surface area contributed by atoms with Gasteiger partial charge in [-0.1, -0.05) is 0 Å². The Balaban J connectivity index is 2.30. The zero-order chi connectivity index (χ0) is 9.14. The maximum atomic E-state index is 10.6. The van der Waals surface area contributed by atoms with Gasteiger partial charge in [0.1, 0.15) is 0 Å². The smallest absolute Gasteiger partial charge is 0.306 e. The highest BCUT2D eigenvalue weighted by Gasteiger charge is 2.30. The molecule has 0 aromatic rings. The van der Waals surface area contributed by atoms with Crippen LogP contribution < -0.4 is 0 Å². The molecular formula is C8H16O3Si. The molecule has 0 heterocycles. The minimum absolute atomic E-state index is 0.150. The fourth-order valence-corrected chi connectivity index (χ4v) is 2.69. The molecule has 0 spiro atoms. The summed E-state index contributed by atoms with van der Waals surface area (Å²) in [5.74, 6) is -0.811. The van der Waals surface area contributed by atoms with Crippen LogP contribution in [0.15, 0.2) is 0 Å². The van der Waals surface area contributed by atoms with Gasteiger partial charge in [0.2, 0.25) is 0 Å². The Hall–Kier alpha value is -0.353. The van der Waals surface area contributed by atoms with Gasteiger partial charge in [-0.3, -0.25) is 4.79 Å². The van der Waals surface area contributed by atoms with E-state index in [9.17, 15) is 4.79 Å². The van der Waals surface area contributed by atoms with Crippen molar-refractivity contribution in [3.05, 3.63) is 0 Å². The topological polar surface area (TPSA) is 46.5 Å². The molecule has 1 saturated carbocycles.